The Morgan fingerprint density at radius 2 is 2.05 bits per heavy atom. The lowest BCUT2D eigenvalue weighted by molar-refractivity contribution is 0.0693. The van der Waals surface area contributed by atoms with Crippen LogP contribution in [0.25, 0.3) is 0 Å². The van der Waals surface area contributed by atoms with Gasteiger partial charge in [0.25, 0.3) is 0 Å². The number of hydrogen-bond acceptors (Lipinski definition) is 3. The van der Waals surface area contributed by atoms with Crippen LogP contribution in [0.2, 0.25) is 0 Å². The van der Waals surface area contributed by atoms with Crippen LogP contribution in [0.5, 0.6) is 0 Å². The smallest absolute Gasteiger partial charge is 0.335 e. The third kappa shape index (κ3) is 4.83. The maximum atomic E-state index is 11.1. The number of aliphatic hydroxyl groups excluding tert-OH is 1. The van der Waals surface area contributed by atoms with E-state index in [4.69, 9.17) is 5.11 Å². The first-order valence-corrected chi connectivity index (χ1v) is 7.80. The Labute approximate surface area is 126 Å². The summed E-state index contributed by atoms with van der Waals surface area (Å²) in [7, 11) is 0. The minimum atomic E-state index is -0.892. The average Bonchev–Trinajstić information content (AvgIpc) is 2.47. The topological polar surface area (TPSA) is 60.8 Å². The first kappa shape index (κ1) is 16.0. The van der Waals surface area contributed by atoms with Crippen LogP contribution < -0.4 is 0 Å². The third-order valence-corrected chi connectivity index (χ3v) is 4.15. The largest absolute Gasteiger partial charge is 0.478 e. The third-order valence-electron chi connectivity index (χ3n) is 4.15. The van der Waals surface area contributed by atoms with Crippen molar-refractivity contribution >= 4 is 5.97 Å². The van der Waals surface area contributed by atoms with Crippen LogP contribution >= 0.6 is 0 Å². The molecule has 0 spiro atoms. The lowest BCUT2D eigenvalue weighted by Gasteiger charge is -2.35. The van der Waals surface area contributed by atoms with E-state index in [1.807, 2.05) is 13.0 Å². The molecule has 1 aliphatic carbocycles. The second kappa shape index (κ2) is 7.57. The summed E-state index contributed by atoms with van der Waals surface area (Å²) in [6.45, 7) is 3.15. The number of carbonyl (C=O) groups is 1. The summed E-state index contributed by atoms with van der Waals surface area (Å²) >= 11 is 0. The molecule has 0 amide bonds. The van der Waals surface area contributed by atoms with Gasteiger partial charge in [-0.05, 0) is 37.5 Å². The van der Waals surface area contributed by atoms with Gasteiger partial charge in [0.15, 0.2) is 0 Å². The van der Waals surface area contributed by atoms with Gasteiger partial charge in [0.2, 0.25) is 0 Å². The number of carboxylic acids is 1. The number of aromatic carboxylic acids is 1. The molecule has 4 nitrogen and oxygen atoms in total. The van der Waals surface area contributed by atoms with E-state index in [2.05, 4.69) is 4.90 Å². The highest BCUT2D eigenvalue weighted by Crippen LogP contribution is 2.24. The lowest BCUT2D eigenvalue weighted by Crippen LogP contribution is -2.40. The molecule has 116 valence electrons. The van der Waals surface area contributed by atoms with Gasteiger partial charge in [-0.25, -0.2) is 4.79 Å². The molecular weight excluding hydrogens is 266 g/mol. The normalized spacial score (nSPS) is 17.9. The van der Waals surface area contributed by atoms with Crippen LogP contribution in [0.1, 0.15) is 54.9 Å². The molecule has 4 heteroatoms. The summed E-state index contributed by atoms with van der Waals surface area (Å²) in [6, 6.07) is 7.61. The van der Waals surface area contributed by atoms with E-state index in [0.29, 0.717) is 24.7 Å². The molecule has 2 N–H and O–H groups in total. The Hall–Kier alpha value is -1.39. The van der Waals surface area contributed by atoms with E-state index in [-0.39, 0.29) is 6.10 Å². The van der Waals surface area contributed by atoms with Crippen molar-refractivity contribution < 1.29 is 15.0 Å². The molecule has 1 aromatic rings. The monoisotopic (exact) mass is 291 g/mol. The first-order valence-electron chi connectivity index (χ1n) is 7.80. The second-order valence-electron chi connectivity index (χ2n) is 6.08. The molecule has 1 fully saturated rings. The zero-order valence-corrected chi connectivity index (χ0v) is 12.7. The minimum absolute atomic E-state index is 0.327. The van der Waals surface area contributed by atoms with E-state index in [0.717, 1.165) is 5.56 Å². The van der Waals surface area contributed by atoms with Gasteiger partial charge in [0.1, 0.15) is 0 Å². The minimum Gasteiger partial charge on any atom is -0.478 e. The highest BCUT2D eigenvalue weighted by atomic mass is 16.4. The van der Waals surface area contributed by atoms with Crippen molar-refractivity contribution in [3.63, 3.8) is 0 Å². The molecule has 21 heavy (non-hydrogen) atoms. The fraction of sp³-hybridized carbons (Fsp3) is 0.588. The van der Waals surface area contributed by atoms with Gasteiger partial charge in [-0.2, -0.15) is 0 Å². The maximum Gasteiger partial charge on any atom is 0.335 e. The Bertz CT molecular complexity index is 467. The molecule has 1 unspecified atom stereocenters. The standard InChI is InChI=1S/C17H25NO3/c1-13(19)11-18(16-8-3-2-4-9-16)12-14-6-5-7-15(10-14)17(20)21/h5-7,10,13,16,19H,2-4,8-9,11-12H2,1H3,(H,20,21). The molecule has 0 bridgehead atoms. The average molecular weight is 291 g/mol. The predicted octanol–water partition coefficient (Wildman–Crippen LogP) is 2.90. The van der Waals surface area contributed by atoms with Crippen LogP contribution in [0, 0.1) is 0 Å². The van der Waals surface area contributed by atoms with Gasteiger partial charge in [0.05, 0.1) is 11.7 Å². The number of carboxylic acid groups (broad SMARTS) is 1. The number of rotatable bonds is 6. The fourth-order valence-electron chi connectivity index (χ4n) is 3.17. The highest BCUT2D eigenvalue weighted by molar-refractivity contribution is 5.87. The van der Waals surface area contributed by atoms with Gasteiger partial charge in [-0.15, -0.1) is 0 Å². The fourth-order valence-corrected chi connectivity index (χ4v) is 3.17. The van der Waals surface area contributed by atoms with Crippen LogP contribution in [0.4, 0.5) is 0 Å². The Balaban J connectivity index is 2.09. The number of nitrogens with zero attached hydrogens (tertiary/aromatic N) is 1. The van der Waals surface area contributed by atoms with Gasteiger partial charge < -0.3 is 10.2 Å². The zero-order chi connectivity index (χ0) is 15.2. The van der Waals surface area contributed by atoms with Crippen LogP contribution in [0.15, 0.2) is 24.3 Å². The van der Waals surface area contributed by atoms with E-state index >= 15 is 0 Å². The van der Waals surface area contributed by atoms with E-state index in [9.17, 15) is 9.90 Å². The van der Waals surface area contributed by atoms with Crippen molar-refractivity contribution in [3.8, 4) is 0 Å². The molecule has 2 rings (SSSR count). The SMILES string of the molecule is CC(O)CN(Cc1cccc(C(=O)O)c1)C1CCCCC1. The Morgan fingerprint density at radius 3 is 2.67 bits per heavy atom. The van der Waals surface area contributed by atoms with Crippen molar-refractivity contribution in [1.82, 2.24) is 4.90 Å². The molecular formula is C17H25NO3. The van der Waals surface area contributed by atoms with Crippen LogP contribution in [-0.4, -0.2) is 39.8 Å². The molecule has 0 heterocycles. The second-order valence-corrected chi connectivity index (χ2v) is 6.08. The lowest BCUT2D eigenvalue weighted by atomic mass is 9.93. The number of benzene rings is 1. The van der Waals surface area contributed by atoms with Crippen LogP contribution in [0.3, 0.4) is 0 Å². The van der Waals surface area contributed by atoms with E-state index < -0.39 is 5.97 Å². The molecule has 0 aromatic heterocycles. The number of hydrogen-bond donors (Lipinski definition) is 2. The summed E-state index contributed by atoms with van der Waals surface area (Å²) < 4.78 is 0. The van der Waals surface area contributed by atoms with Gasteiger partial charge >= 0.3 is 5.97 Å². The summed E-state index contributed by atoms with van der Waals surface area (Å²) in [6.07, 6.45) is 5.77. The molecule has 1 aliphatic rings. The maximum absolute atomic E-state index is 11.1. The van der Waals surface area contributed by atoms with Gasteiger partial charge in [-0.1, -0.05) is 31.4 Å². The van der Waals surface area contributed by atoms with Gasteiger partial charge in [0, 0.05) is 19.1 Å². The summed E-state index contributed by atoms with van der Waals surface area (Å²) in [5.74, 6) is -0.892. The summed E-state index contributed by atoms with van der Waals surface area (Å²) in [5, 5.41) is 18.8. The molecule has 1 aromatic carbocycles. The highest BCUT2D eigenvalue weighted by Gasteiger charge is 2.22. The van der Waals surface area contributed by atoms with Crippen LogP contribution in [-0.2, 0) is 6.54 Å². The van der Waals surface area contributed by atoms with Crippen molar-refractivity contribution in [1.29, 1.82) is 0 Å². The first-order chi connectivity index (χ1) is 10.1. The Morgan fingerprint density at radius 1 is 1.33 bits per heavy atom. The van der Waals surface area contributed by atoms with Crippen molar-refractivity contribution in [2.45, 2.75) is 57.7 Å². The molecule has 0 saturated heterocycles. The zero-order valence-electron chi connectivity index (χ0n) is 12.7. The van der Waals surface area contributed by atoms with Gasteiger partial charge in [-0.3, -0.25) is 4.90 Å². The quantitative estimate of drug-likeness (QED) is 0.846. The van der Waals surface area contributed by atoms with Crippen molar-refractivity contribution in [2.24, 2.45) is 0 Å². The van der Waals surface area contributed by atoms with Crippen molar-refractivity contribution in [3.05, 3.63) is 35.4 Å². The van der Waals surface area contributed by atoms with E-state index in [1.54, 1.807) is 18.2 Å². The Kier molecular flexibility index (Phi) is 5.76. The van der Waals surface area contributed by atoms with Crippen molar-refractivity contribution in [2.75, 3.05) is 6.54 Å². The summed E-state index contributed by atoms with van der Waals surface area (Å²) in [5.41, 5.74) is 1.33. The molecule has 0 aliphatic heterocycles. The summed E-state index contributed by atoms with van der Waals surface area (Å²) in [4.78, 5) is 13.4. The molecule has 1 saturated carbocycles. The predicted molar refractivity (Wildman–Crippen MR) is 82.4 cm³/mol. The number of aliphatic hydroxyl groups is 1. The molecule has 1 atom stereocenters. The van der Waals surface area contributed by atoms with E-state index in [1.165, 1.54) is 32.1 Å². The molecule has 0 radical (unpaired) electrons.